The highest BCUT2D eigenvalue weighted by atomic mass is 32.1. The standard InChI is InChI=1S/C11H9F2NS/c1-6-11(15-7(2)14-6)8-3-9(12)5-10(13)4-8/h3-5H,1-2H3. The third-order valence-electron chi connectivity index (χ3n) is 2.03. The Hall–Kier alpha value is -1.29. The summed E-state index contributed by atoms with van der Waals surface area (Å²) < 4.78 is 26.0. The summed E-state index contributed by atoms with van der Waals surface area (Å²) in [6.45, 7) is 3.71. The summed E-state index contributed by atoms with van der Waals surface area (Å²) in [5.41, 5.74) is 1.36. The summed E-state index contributed by atoms with van der Waals surface area (Å²) in [4.78, 5) is 5.05. The van der Waals surface area contributed by atoms with E-state index in [1.165, 1.54) is 23.5 Å². The van der Waals surface area contributed by atoms with Crippen LogP contribution in [0.3, 0.4) is 0 Å². The first-order valence-electron chi connectivity index (χ1n) is 4.47. The summed E-state index contributed by atoms with van der Waals surface area (Å²) in [6.07, 6.45) is 0. The molecule has 0 amide bonds. The minimum absolute atomic E-state index is 0.551. The second kappa shape index (κ2) is 3.70. The fourth-order valence-electron chi connectivity index (χ4n) is 1.48. The van der Waals surface area contributed by atoms with Crippen molar-refractivity contribution in [1.29, 1.82) is 0 Å². The zero-order chi connectivity index (χ0) is 11.0. The van der Waals surface area contributed by atoms with E-state index in [-0.39, 0.29) is 0 Å². The molecule has 0 bridgehead atoms. The highest BCUT2D eigenvalue weighted by Gasteiger charge is 2.09. The van der Waals surface area contributed by atoms with Crippen molar-refractivity contribution in [3.05, 3.63) is 40.5 Å². The van der Waals surface area contributed by atoms with Gasteiger partial charge in [0.05, 0.1) is 15.6 Å². The number of aryl methyl sites for hydroxylation is 2. The van der Waals surface area contributed by atoms with E-state index >= 15 is 0 Å². The summed E-state index contributed by atoms with van der Waals surface area (Å²) in [6, 6.07) is 3.51. The lowest BCUT2D eigenvalue weighted by Gasteiger charge is -1.99. The normalized spacial score (nSPS) is 10.7. The number of halogens is 2. The first-order chi connectivity index (χ1) is 7.06. The van der Waals surface area contributed by atoms with Crippen molar-refractivity contribution in [1.82, 2.24) is 4.98 Å². The van der Waals surface area contributed by atoms with Crippen LogP contribution < -0.4 is 0 Å². The van der Waals surface area contributed by atoms with Crippen LogP contribution in [-0.2, 0) is 0 Å². The molecule has 0 saturated carbocycles. The number of thiazole rings is 1. The SMILES string of the molecule is Cc1nc(C)c(-c2cc(F)cc(F)c2)s1. The van der Waals surface area contributed by atoms with Gasteiger partial charge in [0.25, 0.3) is 0 Å². The largest absolute Gasteiger partial charge is 0.246 e. The van der Waals surface area contributed by atoms with Crippen molar-refractivity contribution < 1.29 is 8.78 Å². The van der Waals surface area contributed by atoms with Crippen LogP contribution in [-0.4, -0.2) is 4.98 Å². The molecule has 2 rings (SSSR count). The molecule has 0 aliphatic rings. The van der Waals surface area contributed by atoms with Crippen LogP contribution in [0.4, 0.5) is 8.78 Å². The molecule has 1 aromatic heterocycles. The number of aromatic nitrogens is 1. The maximum absolute atomic E-state index is 13.0. The molecule has 78 valence electrons. The smallest absolute Gasteiger partial charge is 0.126 e. The highest BCUT2D eigenvalue weighted by Crippen LogP contribution is 2.30. The molecule has 15 heavy (non-hydrogen) atoms. The monoisotopic (exact) mass is 225 g/mol. The Morgan fingerprint density at radius 2 is 1.67 bits per heavy atom. The number of hydrogen-bond acceptors (Lipinski definition) is 2. The van der Waals surface area contributed by atoms with Crippen LogP contribution in [0.1, 0.15) is 10.7 Å². The summed E-state index contributed by atoms with van der Waals surface area (Å²) in [5, 5.41) is 0.896. The molecule has 4 heteroatoms. The van der Waals surface area contributed by atoms with Gasteiger partial charge in [0.15, 0.2) is 0 Å². The topological polar surface area (TPSA) is 12.9 Å². The van der Waals surface area contributed by atoms with Crippen LogP contribution in [0.5, 0.6) is 0 Å². The maximum atomic E-state index is 13.0. The quantitative estimate of drug-likeness (QED) is 0.721. The van der Waals surface area contributed by atoms with E-state index < -0.39 is 11.6 Å². The first kappa shape index (κ1) is 10.2. The van der Waals surface area contributed by atoms with Crippen LogP contribution in [0, 0.1) is 25.5 Å². The van der Waals surface area contributed by atoms with Crippen molar-refractivity contribution in [3.63, 3.8) is 0 Å². The molecule has 1 nitrogen and oxygen atoms in total. The van der Waals surface area contributed by atoms with E-state index in [1.807, 2.05) is 13.8 Å². The van der Waals surface area contributed by atoms with Crippen molar-refractivity contribution in [2.75, 3.05) is 0 Å². The molecular formula is C11H9F2NS. The van der Waals surface area contributed by atoms with Gasteiger partial charge in [-0.2, -0.15) is 0 Å². The van der Waals surface area contributed by atoms with Gasteiger partial charge in [-0.25, -0.2) is 13.8 Å². The molecule has 1 heterocycles. The third kappa shape index (κ3) is 2.04. The van der Waals surface area contributed by atoms with Gasteiger partial charge in [-0.15, -0.1) is 11.3 Å². The lowest BCUT2D eigenvalue weighted by molar-refractivity contribution is 0.584. The predicted octanol–water partition coefficient (Wildman–Crippen LogP) is 3.71. The van der Waals surface area contributed by atoms with Gasteiger partial charge in [-0.3, -0.25) is 0 Å². The van der Waals surface area contributed by atoms with Gasteiger partial charge in [0.1, 0.15) is 11.6 Å². The fourth-order valence-corrected chi connectivity index (χ4v) is 2.39. The first-order valence-corrected chi connectivity index (χ1v) is 5.28. The molecule has 0 N–H and O–H groups in total. The molecule has 0 aliphatic carbocycles. The van der Waals surface area contributed by atoms with Gasteiger partial charge < -0.3 is 0 Å². The van der Waals surface area contributed by atoms with Gasteiger partial charge >= 0.3 is 0 Å². The molecule has 1 aromatic carbocycles. The average molecular weight is 225 g/mol. The lowest BCUT2D eigenvalue weighted by Crippen LogP contribution is -1.83. The van der Waals surface area contributed by atoms with Gasteiger partial charge in [0.2, 0.25) is 0 Å². The van der Waals surface area contributed by atoms with Crippen LogP contribution in [0.25, 0.3) is 10.4 Å². The van der Waals surface area contributed by atoms with Gasteiger partial charge in [0, 0.05) is 6.07 Å². The van der Waals surface area contributed by atoms with Gasteiger partial charge in [-0.1, -0.05) is 0 Å². The van der Waals surface area contributed by atoms with E-state index in [2.05, 4.69) is 4.98 Å². The van der Waals surface area contributed by atoms with Gasteiger partial charge in [-0.05, 0) is 31.5 Å². The second-order valence-corrected chi connectivity index (χ2v) is 4.51. The Bertz CT molecular complexity index is 485. The fraction of sp³-hybridized carbons (Fsp3) is 0.182. The Balaban J connectivity index is 2.58. The van der Waals surface area contributed by atoms with E-state index in [4.69, 9.17) is 0 Å². The molecule has 0 unspecified atom stereocenters. The number of benzene rings is 1. The zero-order valence-corrected chi connectivity index (χ0v) is 9.16. The molecule has 0 spiro atoms. The third-order valence-corrected chi connectivity index (χ3v) is 3.15. The summed E-state index contributed by atoms with van der Waals surface area (Å²) >= 11 is 1.44. The maximum Gasteiger partial charge on any atom is 0.126 e. The highest BCUT2D eigenvalue weighted by molar-refractivity contribution is 7.15. The van der Waals surface area contributed by atoms with Crippen molar-refractivity contribution in [3.8, 4) is 10.4 Å². The van der Waals surface area contributed by atoms with E-state index in [0.717, 1.165) is 21.6 Å². The molecular weight excluding hydrogens is 216 g/mol. The van der Waals surface area contributed by atoms with Crippen LogP contribution >= 0.6 is 11.3 Å². The van der Waals surface area contributed by atoms with Crippen LogP contribution in [0.2, 0.25) is 0 Å². The Morgan fingerprint density at radius 1 is 1.07 bits per heavy atom. The molecule has 2 aromatic rings. The number of rotatable bonds is 1. The minimum Gasteiger partial charge on any atom is -0.246 e. The van der Waals surface area contributed by atoms with E-state index in [0.29, 0.717) is 5.56 Å². The Morgan fingerprint density at radius 3 is 2.13 bits per heavy atom. The van der Waals surface area contributed by atoms with Crippen molar-refractivity contribution >= 4 is 11.3 Å². The van der Waals surface area contributed by atoms with Crippen molar-refractivity contribution in [2.24, 2.45) is 0 Å². The Labute approximate surface area is 90.4 Å². The summed E-state index contributed by atoms with van der Waals surface area (Å²) in [5.74, 6) is -1.12. The molecule has 0 saturated heterocycles. The predicted molar refractivity (Wildman–Crippen MR) is 56.9 cm³/mol. The molecule has 0 fully saturated rings. The average Bonchev–Trinajstić information content (AvgIpc) is 2.43. The molecule has 0 radical (unpaired) electrons. The zero-order valence-electron chi connectivity index (χ0n) is 8.34. The molecule has 0 aliphatic heterocycles. The van der Waals surface area contributed by atoms with E-state index in [9.17, 15) is 8.78 Å². The van der Waals surface area contributed by atoms with E-state index in [1.54, 1.807) is 0 Å². The van der Waals surface area contributed by atoms with Crippen LogP contribution in [0.15, 0.2) is 18.2 Å². The number of hydrogen-bond donors (Lipinski definition) is 0. The van der Waals surface area contributed by atoms with Crippen molar-refractivity contribution in [2.45, 2.75) is 13.8 Å². The minimum atomic E-state index is -0.560. The lowest BCUT2D eigenvalue weighted by atomic mass is 10.1. The Kier molecular flexibility index (Phi) is 2.52. The molecule has 0 atom stereocenters. The second-order valence-electron chi connectivity index (χ2n) is 3.31. The summed E-state index contributed by atoms with van der Waals surface area (Å²) in [7, 11) is 0. The number of nitrogens with zero attached hydrogens (tertiary/aromatic N) is 1.